The summed E-state index contributed by atoms with van der Waals surface area (Å²) in [5.41, 5.74) is -0.399. The van der Waals surface area contributed by atoms with E-state index in [1.54, 1.807) is 30.3 Å². The highest BCUT2D eigenvalue weighted by Gasteiger charge is 2.21. The monoisotopic (exact) mass is 276 g/mol. The highest BCUT2D eigenvalue weighted by molar-refractivity contribution is 5.94. The molecule has 7 heteroatoms. The minimum absolute atomic E-state index is 0.110. The van der Waals surface area contributed by atoms with Crippen LogP contribution in [0.15, 0.2) is 35.1 Å². The molecule has 0 radical (unpaired) electrons. The lowest BCUT2D eigenvalue weighted by molar-refractivity contribution is -0.137. The first kappa shape index (κ1) is 13.6. The van der Waals surface area contributed by atoms with Crippen molar-refractivity contribution in [3.05, 3.63) is 46.2 Å². The fourth-order valence-electron chi connectivity index (χ4n) is 1.86. The molecule has 0 unspecified atom stereocenters. The van der Waals surface area contributed by atoms with Gasteiger partial charge in [0.05, 0.1) is 18.7 Å². The van der Waals surface area contributed by atoms with E-state index in [0.717, 1.165) is 4.68 Å². The molecule has 104 valence electrons. The first-order chi connectivity index (χ1) is 9.50. The van der Waals surface area contributed by atoms with Gasteiger partial charge in [0.15, 0.2) is 5.56 Å². The molecule has 20 heavy (non-hydrogen) atoms. The zero-order valence-electron chi connectivity index (χ0n) is 10.4. The summed E-state index contributed by atoms with van der Waals surface area (Å²) in [6, 6.07) is 8.53. The van der Waals surface area contributed by atoms with Gasteiger partial charge in [0.25, 0.3) is 5.56 Å². The maximum absolute atomic E-state index is 12.0. The Balaban J connectivity index is 2.51. The second-order valence-electron chi connectivity index (χ2n) is 4.13. The summed E-state index contributed by atoms with van der Waals surface area (Å²) in [5.74, 6) is -2.41. The van der Waals surface area contributed by atoms with Gasteiger partial charge in [-0.05, 0) is 0 Å². The van der Waals surface area contributed by atoms with Gasteiger partial charge < -0.3 is 10.2 Å². The Morgan fingerprint density at radius 3 is 2.35 bits per heavy atom. The molecule has 0 saturated carbocycles. The van der Waals surface area contributed by atoms with Crippen molar-refractivity contribution in [2.45, 2.75) is 13.0 Å². The van der Waals surface area contributed by atoms with Gasteiger partial charge in [-0.2, -0.15) is 0 Å². The van der Waals surface area contributed by atoms with Crippen molar-refractivity contribution in [1.29, 1.82) is 0 Å². The molecule has 0 fully saturated rings. The smallest absolute Gasteiger partial charge is 0.343 e. The molecule has 0 atom stereocenters. The van der Waals surface area contributed by atoms with E-state index in [9.17, 15) is 14.4 Å². The van der Waals surface area contributed by atoms with E-state index in [1.807, 2.05) is 0 Å². The zero-order valence-corrected chi connectivity index (χ0v) is 10.4. The van der Waals surface area contributed by atoms with Gasteiger partial charge in [0, 0.05) is 5.56 Å². The molecular weight excluding hydrogens is 264 g/mol. The van der Waals surface area contributed by atoms with Gasteiger partial charge in [-0.3, -0.25) is 19.4 Å². The first-order valence-corrected chi connectivity index (χ1v) is 5.84. The molecule has 0 aliphatic carbocycles. The average molecular weight is 276 g/mol. The normalized spacial score (nSPS) is 10.4. The van der Waals surface area contributed by atoms with Crippen molar-refractivity contribution in [3.63, 3.8) is 0 Å². The third-order valence-electron chi connectivity index (χ3n) is 2.78. The number of aromatic nitrogens is 2. The third-order valence-corrected chi connectivity index (χ3v) is 2.78. The van der Waals surface area contributed by atoms with Gasteiger partial charge in [-0.25, -0.2) is 4.79 Å². The number of aryl methyl sites for hydroxylation is 1. The van der Waals surface area contributed by atoms with Crippen LogP contribution in [0.25, 0.3) is 11.3 Å². The Morgan fingerprint density at radius 2 is 1.80 bits per heavy atom. The topological polar surface area (TPSA) is 112 Å². The minimum atomic E-state index is -1.35. The van der Waals surface area contributed by atoms with E-state index in [-0.39, 0.29) is 24.2 Å². The van der Waals surface area contributed by atoms with Crippen LogP contribution in [0.5, 0.6) is 0 Å². The number of nitrogens with one attached hydrogen (secondary N) is 1. The minimum Gasteiger partial charge on any atom is -0.481 e. The molecule has 1 aromatic carbocycles. The van der Waals surface area contributed by atoms with Crippen LogP contribution in [-0.2, 0) is 11.3 Å². The molecular formula is C13H12N2O5. The SMILES string of the molecule is O=C(O)CCn1[nH]c(-c2ccccc2)c(C(=O)O)c1=O. The van der Waals surface area contributed by atoms with Crippen LogP contribution in [0, 0.1) is 0 Å². The largest absolute Gasteiger partial charge is 0.481 e. The molecule has 1 aromatic heterocycles. The van der Waals surface area contributed by atoms with Crippen LogP contribution in [0.2, 0.25) is 0 Å². The predicted molar refractivity (Wildman–Crippen MR) is 69.7 cm³/mol. The average Bonchev–Trinajstić information content (AvgIpc) is 2.74. The van der Waals surface area contributed by atoms with E-state index in [0.29, 0.717) is 5.56 Å². The van der Waals surface area contributed by atoms with Crippen molar-refractivity contribution in [2.24, 2.45) is 0 Å². The number of nitrogens with zero attached hydrogens (tertiary/aromatic N) is 1. The van der Waals surface area contributed by atoms with Crippen molar-refractivity contribution in [1.82, 2.24) is 9.78 Å². The number of aromatic carboxylic acids is 1. The number of aromatic amines is 1. The molecule has 0 aliphatic heterocycles. The number of carboxylic acids is 2. The van der Waals surface area contributed by atoms with Gasteiger partial charge >= 0.3 is 11.9 Å². The van der Waals surface area contributed by atoms with Crippen LogP contribution in [0.3, 0.4) is 0 Å². The van der Waals surface area contributed by atoms with Crippen molar-refractivity contribution in [3.8, 4) is 11.3 Å². The zero-order chi connectivity index (χ0) is 14.7. The summed E-state index contributed by atoms with van der Waals surface area (Å²) in [6.45, 7) is -0.110. The highest BCUT2D eigenvalue weighted by atomic mass is 16.4. The number of H-pyrrole nitrogens is 1. The Bertz CT molecular complexity index is 699. The molecule has 2 aromatic rings. The van der Waals surface area contributed by atoms with Crippen molar-refractivity contribution >= 4 is 11.9 Å². The number of hydrogen-bond donors (Lipinski definition) is 3. The Kier molecular flexibility index (Phi) is 3.69. The highest BCUT2D eigenvalue weighted by Crippen LogP contribution is 2.19. The van der Waals surface area contributed by atoms with Gasteiger partial charge in [0.1, 0.15) is 0 Å². The van der Waals surface area contributed by atoms with Crippen LogP contribution in [-0.4, -0.2) is 31.9 Å². The molecule has 0 spiro atoms. The number of hydrogen-bond acceptors (Lipinski definition) is 3. The van der Waals surface area contributed by atoms with Crippen molar-refractivity contribution in [2.75, 3.05) is 0 Å². The second kappa shape index (κ2) is 5.43. The Morgan fingerprint density at radius 1 is 1.15 bits per heavy atom. The number of aliphatic carboxylic acids is 1. The van der Waals surface area contributed by atoms with Crippen LogP contribution >= 0.6 is 0 Å². The third kappa shape index (κ3) is 2.61. The maximum atomic E-state index is 12.0. The predicted octanol–water partition coefficient (Wildman–Crippen LogP) is 1.02. The Labute approximate surface area is 113 Å². The molecule has 0 bridgehead atoms. The van der Waals surface area contributed by atoms with Crippen LogP contribution in [0.4, 0.5) is 0 Å². The van der Waals surface area contributed by atoms with E-state index >= 15 is 0 Å². The molecule has 7 nitrogen and oxygen atoms in total. The number of carboxylic acid groups (broad SMARTS) is 2. The number of carbonyl (C=O) groups is 2. The van der Waals surface area contributed by atoms with Gasteiger partial charge in [-0.15, -0.1) is 0 Å². The molecule has 3 N–H and O–H groups in total. The van der Waals surface area contributed by atoms with E-state index in [4.69, 9.17) is 10.2 Å². The van der Waals surface area contributed by atoms with E-state index < -0.39 is 17.5 Å². The molecule has 0 saturated heterocycles. The standard InChI is InChI=1S/C13H12N2O5/c16-9(17)6-7-15-12(18)10(13(19)20)11(14-15)8-4-2-1-3-5-8/h1-5,14H,6-7H2,(H,16,17)(H,19,20). The lowest BCUT2D eigenvalue weighted by atomic mass is 10.1. The molecule has 0 aliphatic rings. The van der Waals surface area contributed by atoms with Crippen LogP contribution < -0.4 is 5.56 Å². The number of rotatable bonds is 5. The summed E-state index contributed by atoms with van der Waals surface area (Å²) >= 11 is 0. The van der Waals surface area contributed by atoms with Gasteiger partial charge in [0.2, 0.25) is 0 Å². The van der Waals surface area contributed by atoms with Crippen LogP contribution in [0.1, 0.15) is 16.8 Å². The number of benzene rings is 1. The maximum Gasteiger partial charge on any atom is 0.343 e. The summed E-state index contributed by atoms with van der Waals surface area (Å²) < 4.78 is 1.000. The molecule has 2 rings (SSSR count). The van der Waals surface area contributed by atoms with E-state index in [2.05, 4.69) is 5.10 Å². The van der Waals surface area contributed by atoms with Gasteiger partial charge in [-0.1, -0.05) is 30.3 Å². The summed E-state index contributed by atoms with van der Waals surface area (Å²) in [6.07, 6.45) is -0.270. The second-order valence-corrected chi connectivity index (χ2v) is 4.13. The molecule has 1 heterocycles. The lowest BCUT2D eigenvalue weighted by Gasteiger charge is -2.00. The lowest BCUT2D eigenvalue weighted by Crippen LogP contribution is -2.22. The fourth-order valence-corrected chi connectivity index (χ4v) is 1.86. The van der Waals surface area contributed by atoms with E-state index in [1.165, 1.54) is 0 Å². The fraction of sp³-hybridized carbons (Fsp3) is 0.154. The molecule has 0 amide bonds. The summed E-state index contributed by atoms with van der Waals surface area (Å²) in [5, 5.41) is 20.4. The Hall–Kier alpha value is -2.83. The summed E-state index contributed by atoms with van der Waals surface area (Å²) in [7, 11) is 0. The summed E-state index contributed by atoms with van der Waals surface area (Å²) in [4.78, 5) is 33.7. The van der Waals surface area contributed by atoms with Crippen molar-refractivity contribution < 1.29 is 19.8 Å². The quantitative estimate of drug-likeness (QED) is 0.754. The first-order valence-electron chi connectivity index (χ1n) is 5.84.